The summed E-state index contributed by atoms with van der Waals surface area (Å²) in [5, 5.41) is 7.64. The molecule has 0 saturated heterocycles. The fraction of sp³-hybridized carbons (Fsp3) is 0.750. The summed E-state index contributed by atoms with van der Waals surface area (Å²) < 4.78 is 1.89. The minimum atomic E-state index is 0.752. The van der Waals surface area contributed by atoms with Crippen LogP contribution in [0, 0.1) is 5.92 Å². The van der Waals surface area contributed by atoms with Crippen molar-refractivity contribution in [2.45, 2.75) is 38.1 Å². The Bertz CT molecular complexity index is 306. The van der Waals surface area contributed by atoms with E-state index in [9.17, 15) is 0 Å². The van der Waals surface area contributed by atoms with Crippen molar-refractivity contribution in [2.75, 3.05) is 7.05 Å². The van der Waals surface area contributed by atoms with Crippen molar-refractivity contribution in [2.24, 2.45) is 13.0 Å². The van der Waals surface area contributed by atoms with Crippen molar-refractivity contribution >= 4 is 0 Å². The molecule has 1 aromatic heterocycles. The molecule has 2 rings (SSSR count). The summed E-state index contributed by atoms with van der Waals surface area (Å²) in [7, 11) is 4.07. The Morgan fingerprint density at radius 2 is 2.40 bits per heavy atom. The van der Waals surface area contributed by atoms with Gasteiger partial charge in [0.05, 0.1) is 6.20 Å². The number of nitrogens with one attached hydrogen (secondary N) is 1. The number of hydrogen-bond acceptors (Lipinski definition) is 2. The fourth-order valence-corrected chi connectivity index (χ4v) is 2.72. The third-order valence-corrected chi connectivity index (χ3v) is 3.59. The Balaban J connectivity index is 1.82. The molecule has 0 aromatic carbocycles. The third-order valence-electron chi connectivity index (χ3n) is 3.59. The van der Waals surface area contributed by atoms with E-state index in [0.29, 0.717) is 0 Å². The van der Waals surface area contributed by atoms with Gasteiger partial charge in [0.15, 0.2) is 0 Å². The van der Waals surface area contributed by atoms with Gasteiger partial charge in [-0.05, 0) is 44.2 Å². The minimum Gasteiger partial charge on any atom is -0.317 e. The minimum absolute atomic E-state index is 0.752. The smallest absolute Gasteiger partial charge is 0.0521 e. The first-order valence-corrected chi connectivity index (χ1v) is 5.94. The lowest BCUT2D eigenvalue weighted by molar-refractivity contribution is 0.400. The van der Waals surface area contributed by atoms with Crippen LogP contribution in [0.5, 0.6) is 0 Å². The molecule has 0 amide bonds. The average Bonchev–Trinajstić information content (AvgIpc) is 2.83. The third kappa shape index (κ3) is 2.59. The molecule has 1 N–H and O–H groups in total. The highest BCUT2D eigenvalue weighted by Crippen LogP contribution is 2.29. The van der Waals surface area contributed by atoms with Crippen molar-refractivity contribution in [1.82, 2.24) is 15.1 Å². The van der Waals surface area contributed by atoms with E-state index < -0.39 is 0 Å². The van der Waals surface area contributed by atoms with Gasteiger partial charge in [-0.1, -0.05) is 6.42 Å². The van der Waals surface area contributed by atoms with Crippen LogP contribution >= 0.6 is 0 Å². The van der Waals surface area contributed by atoms with Gasteiger partial charge in [0.2, 0.25) is 0 Å². The van der Waals surface area contributed by atoms with Gasteiger partial charge >= 0.3 is 0 Å². The molecule has 2 unspecified atom stereocenters. The molecule has 1 aliphatic carbocycles. The Morgan fingerprint density at radius 3 is 3.07 bits per heavy atom. The van der Waals surface area contributed by atoms with E-state index in [4.69, 9.17) is 0 Å². The Kier molecular flexibility index (Phi) is 3.41. The maximum atomic E-state index is 4.20. The zero-order chi connectivity index (χ0) is 10.7. The first-order chi connectivity index (χ1) is 7.29. The standard InChI is InChI=1S/C12H21N3/c1-13-12-5-3-4-11(12)7-6-10-8-14-15(2)9-10/h8-9,11-13H,3-7H2,1-2H3. The highest BCUT2D eigenvalue weighted by atomic mass is 15.2. The predicted octanol–water partition coefficient (Wildman–Crippen LogP) is 1.74. The van der Waals surface area contributed by atoms with Gasteiger partial charge < -0.3 is 5.32 Å². The van der Waals surface area contributed by atoms with E-state index in [1.165, 1.54) is 37.7 Å². The summed E-state index contributed by atoms with van der Waals surface area (Å²) in [4.78, 5) is 0. The SMILES string of the molecule is CNC1CCCC1CCc1cnn(C)c1. The molecule has 1 fully saturated rings. The summed E-state index contributed by atoms with van der Waals surface area (Å²) in [5.74, 6) is 0.871. The highest BCUT2D eigenvalue weighted by Gasteiger charge is 2.25. The van der Waals surface area contributed by atoms with E-state index in [1.807, 2.05) is 17.9 Å². The maximum absolute atomic E-state index is 4.20. The van der Waals surface area contributed by atoms with Gasteiger partial charge in [0.25, 0.3) is 0 Å². The summed E-state index contributed by atoms with van der Waals surface area (Å²) >= 11 is 0. The number of aryl methyl sites for hydroxylation is 2. The lowest BCUT2D eigenvalue weighted by atomic mass is 9.96. The second-order valence-corrected chi connectivity index (χ2v) is 4.65. The molecule has 1 heterocycles. The van der Waals surface area contributed by atoms with Gasteiger partial charge in [0.1, 0.15) is 0 Å². The topological polar surface area (TPSA) is 29.9 Å². The Hall–Kier alpha value is -0.830. The number of nitrogens with zero attached hydrogens (tertiary/aromatic N) is 2. The number of rotatable bonds is 4. The molecule has 84 valence electrons. The molecule has 0 spiro atoms. The molecule has 0 aliphatic heterocycles. The molecule has 1 aromatic rings. The van der Waals surface area contributed by atoms with E-state index in [0.717, 1.165) is 12.0 Å². The first-order valence-electron chi connectivity index (χ1n) is 5.94. The fourth-order valence-electron chi connectivity index (χ4n) is 2.72. The molecule has 0 radical (unpaired) electrons. The molecular formula is C12H21N3. The predicted molar refractivity (Wildman–Crippen MR) is 61.7 cm³/mol. The van der Waals surface area contributed by atoms with E-state index in [1.54, 1.807) is 0 Å². The van der Waals surface area contributed by atoms with Crippen molar-refractivity contribution in [3.63, 3.8) is 0 Å². The lowest BCUT2D eigenvalue weighted by Gasteiger charge is -2.18. The molecule has 15 heavy (non-hydrogen) atoms. The molecule has 3 nitrogen and oxygen atoms in total. The Morgan fingerprint density at radius 1 is 1.53 bits per heavy atom. The number of aromatic nitrogens is 2. The van der Waals surface area contributed by atoms with Crippen LogP contribution in [0.2, 0.25) is 0 Å². The van der Waals surface area contributed by atoms with E-state index in [2.05, 4.69) is 23.7 Å². The van der Waals surface area contributed by atoms with Gasteiger partial charge in [-0.2, -0.15) is 5.10 Å². The summed E-state index contributed by atoms with van der Waals surface area (Å²) in [6.45, 7) is 0. The largest absolute Gasteiger partial charge is 0.317 e. The summed E-state index contributed by atoms with van der Waals surface area (Å²) in [5.41, 5.74) is 1.37. The van der Waals surface area contributed by atoms with Crippen LogP contribution in [-0.4, -0.2) is 22.9 Å². The van der Waals surface area contributed by atoms with Gasteiger partial charge in [-0.3, -0.25) is 4.68 Å². The van der Waals surface area contributed by atoms with Gasteiger partial charge in [-0.15, -0.1) is 0 Å². The monoisotopic (exact) mass is 207 g/mol. The molecule has 2 atom stereocenters. The summed E-state index contributed by atoms with van der Waals surface area (Å²) in [6, 6.07) is 0.752. The van der Waals surface area contributed by atoms with Crippen molar-refractivity contribution in [1.29, 1.82) is 0 Å². The van der Waals surface area contributed by atoms with Gasteiger partial charge in [0, 0.05) is 19.3 Å². The number of hydrogen-bond donors (Lipinski definition) is 1. The van der Waals surface area contributed by atoms with Crippen LogP contribution in [-0.2, 0) is 13.5 Å². The van der Waals surface area contributed by atoms with Crippen LogP contribution in [0.1, 0.15) is 31.2 Å². The Labute approximate surface area is 91.9 Å². The zero-order valence-corrected chi connectivity index (χ0v) is 9.74. The van der Waals surface area contributed by atoms with E-state index >= 15 is 0 Å². The van der Waals surface area contributed by atoms with E-state index in [-0.39, 0.29) is 0 Å². The van der Waals surface area contributed by atoms with Crippen molar-refractivity contribution in [3.05, 3.63) is 18.0 Å². The molecule has 3 heteroatoms. The first kappa shape index (κ1) is 10.7. The normalized spacial score (nSPS) is 26.0. The van der Waals surface area contributed by atoms with Crippen molar-refractivity contribution in [3.8, 4) is 0 Å². The van der Waals surface area contributed by atoms with Crippen molar-refractivity contribution < 1.29 is 0 Å². The maximum Gasteiger partial charge on any atom is 0.0521 e. The quantitative estimate of drug-likeness (QED) is 0.815. The zero-order valence-electron chi connectivity index (χ0n) is 9.74. The molecule has 0 bridgehead atoms. The summed E-state index contributed by atoms with van der Waals surface area (Å²) in [6.07, 6.45) is 10.7. The molecular weight excluding hydrogens is 186 g/mol. The average molecular weight is 207 g/mol. The lowest BCUT2D eigenvalue weighted by Crippen LogP contribution is -2.29. The van der Waals surface area contributed by atoms with Crippen LogP contribution in [0.25, 0.3) is 0 Å². The van der Waals surface area contributed by atoms with Crippen LogP contribution in [0.15, 0.2) is 12.4 Å². The highest BCUT2D eigenvalue weighted by molar-refractivity contribution is 5.04. The van der Waals surface area contributed by atoms with Crippen LogP contribution in [0.4, 0.5) is 0 Å². The second-order valence-electron chi connectivity index (χ2n) is 4.65. The second kappa shape index (κ2) is 4.79. The van der Waals surface area contributed by atoms with Crippen LogP contribution < -0.4 is 5.32 Å². The molecule has 1 saturated carbocycles. The molecule has 1 aliphatic rings. The van der Waals surface area contributed by atoms with Gasteiger partial charge in [-0.25, -0.2) is 0 Å². The van der Waals surface area contributed by atoms with Crippen LogP contribution in [0.3, 0.4) is 0 Å².